The molecule has 1 amide bonds. The molecule has 1 aromatic carbocycles. The summed E-state index contributed by atoms with van der Waals surface area (Å²) in [5.41, 5.74) is 2.65. The van der Waals surface area contributed by atoms with Crippen LogP contribution in [0.15, 0.2) is 39.7 Å². The lowest BCUT2D eigenvalue weighted by Gasteiger charge is -2.17. The number of carbonyl (C=O) groups excluding carboxylic acids is 1. The second kappa shape index (κ2) is 8.46. The normalized spacial score (nSPS) is 12.2. The minimum atomic E-state index is -0.738. The summed E-state index contributed by atoms with van der Waals surface area (Å²) < 4.78 is 20.9. The zero-order chi connectivity index (χ0) is 21.1. The molecule has 0 radical (unpaired) electrons. The van der Waals surface area contributed by atoms with Gasteiger partial charge in [-0.05, 0) is 37.1 Å². The fraction of sp³-hybridized carbons (Fsp3) is 0.300. The number of halogens is 1. The van der Waals surface area contributed by atoms with Gasteiger partial charge in [-0.25, -0.2) is 9.87 Å². The zero-order valence-electron chi connectivity index (χ0n) is 16.3. The van der Waals surface area contributed by atoms with Gasteiger partial charge >= 0.3 is 0 Å². The van der Waals surface area contributed by atoms with E-state index in [2.05, 4.69) is 10.8 Å². The predicted molar refractivity (Wildman–Crippen MR) is 106 cm³/mol. The van der Waals surface area contributed by atoms with E-state index in [-0.39, 0.29) is 34.6 Å². The van der Waals surface area contributed by atoms with Crippen LogP contribution in [-0.4, -0.2) is 28.3 Å². The molecule has 0 saturated heterocycles. The van der Waals surface area contributed by atoms with Crippen molar-refractivity contribution in [3.63, 3.8) is 0 Å². The van der Waals surface area contributed by atoms with Crippen molar-refractivity contribution in [3.05, 3.63) is 57.8 Å². The first-order chi connectivity index (χ1) is 13.8. The lowest BCUT2D eigenvalue weighted by molar-refractivity contribution is -0.0133. The first kappa shape index (κ1) is 20.6. The third-order valence-corrected chi connectivity index (χ3v) is 4.52. The number of hydrogen-bond donors (Lipinski definition) is 3. The number of amides is 1. The van der Waals surface area contributed by atoms with Gasteiger partial charge in [-0.3, -0.25) is 19.0 Å². The van der Waals surface area contributed by atoms with Gasteiger partial charge in [0.1, 0.15) is 23.8 Å². The average molecular weight is 403 g/mol. The van der Waals surface area contributed by atoms with Crippen LogP contribution in [0.5, 0.6) is 0 Å². The molecule has 1 unspecified atom stereocenters. The molecule has 8 nitrogen and oxygen atoms in total. The van der Waals surface area contributed by atoms with Crippen LogP contribution in [0.3, 0.4) is 0 Å². The highest BCUT2D eigenvalue weighted by atomic mass is 19.1. The van der Waals surface area contributed by atoms with Crippen molar-refractivity contribution in [1.82, 2.24) is 10.0 Å². The molecule has 0 fully saturated rings. The molecule has 0 bridgehead atoms. The average Bonchev–Trinajstić information content (AvgIpc) is 3.17. The summed E-state index contributed by atoms with van der Waals surface area (Å²) in [6, 6.07) is 5.99. The highest BCUT2D eigenvalue weighted by Crippen LogP contribution is 2.28. The van der Waals surface area contributed by atoms with Gasteiger partial charge in [0.2, 0.25) is 0 Å². The van der Waals surface area contributed by atoms with Crippen LogP contribution in [0.2, 0.25) is 0 Å². The number of carbonyl (C=O) groups is 1. The van der Waals surface area contributed by atoms with Gasteiger partial charge in [0.15, 0.2) is 5.58 Å². The van der Waals surface area contributed by atoms with Gasteiger partial charge in [-0.2, -0.15) is 0 Å². The van der Waals surface area contributed by atoms with Gasteiger partial charge in [0, 0.05) is 7.05 Å². The Labute approximate surface area is 165 Å². The van der Waals surface area contributed by atoms with Crippen molar-refractivity contribution >= 4 is 28.4 Å². The molecule has 154 valence electrons. The van der Waals surface area contributed by atoms with E-state index in [1.54, 1.807) is 19.9 Å². The van der Waals surface area contributed by atoms with Crippen molar-refractivity contribution in [1.29, 1.82) is 0 Å². The number of aliphatic hydroxyl groups excluding tert-OH is 1. The molecular weight excluding hydrogens is 381 g/mol. The van der Waals surface area contributed by atoms with E-state index in [9.17, 15) is 19.1 Å². The van der Waals surface area contributed by atoms with Crippen molar-refractivity contribution in [2.24, 2.45) is 7.05 Å². The Morgan fingerprint density at radius 3 is 2.83 bits per heavy atom. The Kier molecular flexibility index (Phi) is 6.00. The lowest BCUT2D eigenvalue weighted by Crippen LogP contribution is -2.31. The van der Waals surface area contributed by atoms with Crippen LogP contribution in [0.25, 0.3) is 11.0 Å². The maximum atomic E-state index is 14.4. The number of nitrogens with one attached hydrogen (secondary N) is 2. The maximum Gasteiger partial charge on any atom is 0.282 e. The van der Waals surface area contributed by atoms with Crippen LogP contribution in [0.4, 0.5) is 15.9 Å². The summed E-state index contributed by atoms with van der Waals surface area (Å²) in [6.45, 7) is 3.41. The fourth-order valence-electron chi connectivity index (χ4n) is 2.81. The van der Waals surface area contributed by atoms with Gasteiger partial charge in [0.25, 0.3) is 11.5 Å². The third kappa shape index (κ3) is 4.15. The number of nitrogens with zero attached hydrogens (tertiary/aromatic N) is 1. The molecule has 3 aromatic rings. The number of furan rings is 1. The topological polar surface area (TPSA) is 106 Å². The van der Waals surface area contributed by atoms with Crippen LogP contribution in [0, 0.1) is 12.7 Å². The largest absolute Gasteiger partial charge is 0.463 e. The third-order valence-electron chi connectivity index (χ3n) is 4.52. The van der Waals surface area contributed by atoms with Crippen LogP contribution < -0.4 is 16.4 Å². The Balaban J connectivity index is 2.05. The summed E-state index contributed by atoms with van der Waals surface area (Å²) >= 11 is 0. The molecule has 0 spiro atoms. The van der Waals surface area contributed by atoms with E-state index in [1.807, 2.05) is 0 Å². The lowest BCUT2D eigenvalue weighted by atomic mass is 10.1. The van der Waals surface area contributed by atoms with E-state index in [0.29, 0.717) is 6.42 Å². The molecule has 3 N–H and O–H groups in total. The predicted octanol–water partition coefficient (Wildman–Crippen LogP) is 2.75. The highest BCUT2D eigenvalue weighted by molar-refractivity contribution is 6.09. The molecule has 1 atom stereocenters. The number of anilines is 2. The number of aromatic nitrogens is 1. The molecule has 0 aliphatic heterocycles. The summed E-state index contributed by atoms with van der Waals surface area (Å²) in [4.78, 5) is 30.5. The van der Waals surface area contributed by atoms with Gasteiger partial charge in [0.05, 0.1) is 23.4 Å². The monoisotopic (exact) mass is 403 g/mol. The summed E-state index contributed by atoms with van der Waals surface area (Å²) in [7, 11) is 1.46. The maximum absolute atomic E-state index is 14.4. The molecule has 9 heteroatoms. The molecule has 3 rings (SSSR count). The van der Waals surface area contributed by atoms with Gasteiger partial charge < -0.3 is 14.8 Å². The van der Waals surface area contributed by atoms with Crippen molar-refractivity contribution in [3.8, 4) is 0 Å². The van der Waals surface area contributed by atoms with E-state index < -0.39 is 23.4 Å². The summed E-state index contributed by atoms with van der Waals surface area (Å²) in [5.74, 6) is -1.21. The molecule has 2 heterocycles. The van der Waals surface area contributed by atoms with Crippen LogP contribution in [0.1, 0.15) is 29.3 Å². The highest BCUT2D eigenvalue weighted by Gasteiger charge is 2.24. The molecule has 0 aliphatic carbocycles. The second-order valence-corrected chi connectivity index (χ2v) is 6.66. The smallest absolute Gasteiger partial charge is 0.282 e. The summed E-state index contributed by atoms with van der Waals surface area (Å²) in [5, 5.41) is 12.6. The Morgan fingerprint density at radius 1 is 1.38 bits per heavy atom. The van der Waals surface area contributed by atoms with E-state index in [4.69, 9.17) is 9.25 Å². The van der Waals surface area contributed by atoms with E-state index in [1.165, 1.54) is 36.1 Å². The summed E-state index contributed by atoms with van der Waals surface area (Å²) in [6.07, 6.45) is 1.01. The number of hydroxylamine groups is 1. The zero-order valence-corrected chi connectivity index (χ0v) is 16.3. The number of hydrogen-bond acceptors (Lipinski definition) is 6. The standard InChI is InChI=1S/C20H22FN3O5/c1-4-12(25)10-29-23-19(26)16-17-13(7-8-28-17)20(27)24(3)18(16)22-15-6-5-11(2)9-14(15)21/h5-9,12,22,25H,4,10H2,1-3H3,(H,23,26). The minimum absolute atomic E-state index is 0.0296. The van der Waals surface area contributed by atoms with E-state index >= 15 is 0 Å². The quantitative estimate of drug-likeness (QED) is 0.524. The van der Waals surface area contributed by atoms with Crippen LogP contribution >= 0.6 is 0 Å². The van der Waals surface area contributed by atoms with Crippen molar-refractivity contribution in [2.45, 2.75) is 26.4 Å². The number of fused-ring (bicyclic) bond motifs is 1. The fourth-order valence-corrected chi connectivity index (χ4v) is 2.81. The molecule has 0 aliphatic rings. The molecule has 0 saturated carbocycles. The van der Waals surface area contributed by atoms with Crippen molar-refractivity contribution < 1.29 is 23.5 Å². The first-order valence-electron chi connectivity index (χ1n) is 9.07. The molecule has 2 aromatic heterocycles. The second-order valence-electron chi connectivity index (χ2n) is 6.66. The minimum Gasteiger partial charge on any atom is -0.463 e. The number of aryl methyl sites for hydroxylation is 1. The Morgan fingerprint density at radius 2 is 2.14 bits per heavy atom. The van der Waals surface area contributed by atoms with E-state index in [0.717, 1.165) is 5.56 Å². The van der Waals surface area contributed by atoms with Crippen LogP contribution in [-0.2, 0) is 11.9 Å². The first-order valence-corrected chi connectivity index (χ1v) is 9.07. The van der Waals surface area contributed by atoms with Gasteiger partial charge in [-0.1, -0.05) is 13.0 Å². The van der Waals surface area contributed by atoms with Crippen molar-refractivity contribution in [2.75, 3.05) is 11.9 Å². The SMILES string of the molecule is CCC(O)CONC(=O)c1c(Nc2ccc(C)cc2F)n(C)c(=O)c2ccoc12. The number of aliphatic hydroxyl groups is 1. The molecular formula is C20H22FN3O5. The Bertz CT molecular complexity index is 1110. The number of rotatable bonds is 7. The number of pyridine rings is 1. The Hall–Kier alpha value is -3.17. The number of benzene rings is 1. The molecule has 29 heavy (non-hydrogen) atoms. The van der Waals surface area contributed by atoms with Gasteiger partial charge in [-0.15, -0.1) is 0 Å².